The minimum absolute atomic E-state index is 0.481. The van der Waals surface area contributed by atoms with Gasteiger partial charge in [0, 0.05) is 6.07 Å². The molecule has 1 aromatic rings. The molecule has 0 saturated heterocycles. The number of fused-ring (bicyclic) bond motifs is 1. The van der Waals surface area contributed by atoms with Gasteiger partial charge in [-0.1, -0.05) is 0 Å². The minimum Gasteiger partial charge on any atom is -0.395 e. The number of nitro benzene ring substituents is 1. The van der Waals surface area contributed by atoms with Gasteiger partial charge >= 0.3 is 12.0 Å². The fraction of sp³-hybridized carbons (Fsp3) is 0.143. The van der Waals surface area contributed by atoms with Crippen LogP contribution in [0.2, 0.25) is 0 Å². The summed E-state index contributed by atoms with van der Waals surface area (Å²) in [5, 5.41) is 10.3. The Labute approximate surface area is 80.2 Å². The van der Waals surface area contributed by atoms with E-state index >= 15 is 0 Å². The molecule has 2 rings (SSSR count). The maximum atomic E-state index is 12.9. The van der Waals surface area contributed by atoms with E-state index in [4.69, 9.17) is 0 Å². The minimum atomic E-state index is -3.91. The molecule has 1 heterocycles. The van der Waals surface area contributed by atoms with Crippen molar-refractivity contribution in [1.82, 2.24) is 0 Å². The van der Waals surface area contributed by atoms with E-state index in [0.29, 0.717) is 12.1 Å². The Bertz CT molecular complexity index is 448. The van der Waals surface area contributed by atoms with Gasteiger partial charge in [-0.3, -0.25) is 10.1 Å². The molecule has 0 bridgehead atoms. The zero-order valence-electron chi connectivity index (χ0n) is 6.87. The van der Waals surface area contributed by atoms with Crippen LogP contribution >= 0.6 is 0 Å². The van der Waals surface area contributed by atoms with E-state index in [-0.39, 0.29) is 0 Å². The van der Waals surface area contributed by atoms with Gasteiger partial charge in [-0.2, -0.15) is 4.39 Å². The van der Waals surface area contributed by atoms with Crippen molar-refractivity contribution in [3.8, 4) is 11.5 Å². The summed E-state index contributed by atoms with van der Waals surface area (Å²) in [4.78, 5) is 9.22. The largest absolute Gasteiger partial charge is 0.586 e. The molecule has 80 valence electrons. The van der Waals surface area contributed by atoms with Crippen molar-refractivity contribution in [2.75, 3.05) is 0 Å². The number of alkyl halides is 2. The second-order valence-corrected chi connectivity index (χ2v) is 2.67. The van der Waals surface area contributed by atoms with Gasteiger partial charge in [0.25, 0.3) is 0 Å². The number of rotatable bonds is 1. The molecule has 0 aromatic heterocycles. The Morgan fingerprint density at radius 2 is 1.80 bits per heavy atom. The van der Waals surface area contributed by atoms with Crippen LogP contribution in [0.5, 0.6) is 11.5 Å². The van der Waals surface area contributed by atoms with Crippen LogP contribution in [-0.4, -0.2) is 11.2 Å². The molecule has 0 spiro atoms. The monoisotopic (exact) mass is 221 g/mol. The topological polar surface area (TPSA) is 61.6 Å². The molecule has 1 aliphatic heterocycles. The smallest absolute Gasteiger partial charge is 0.395 e. The van der Waals surface area contributed by atoms with E-state index in [1.165, 1.54) is 0 Å². The standard InChI is InChI=1S/C7H2F3NO4/c8-3-1-5-6(2-4(3)11(12)13)15-7(9,10)14-5/h1-2H. The van der Waals surface area contributed by atoms with Crippen LogP contribution in [0.25, 0.3) is 0 Å². The quantitative estimate of drug-likeness (QED) is 0.537. The van der Waals surface area contributed by atoms with Crippen LogP contribution in [-0.2, 0) is 0 Å². The maximum absolute atomic E-state index is 12.9. The van der Waals surface area contributed by atoms with Crippen LogP contribution in [0, 0.1) is 15.9 Å². The first-order valence-electron chi connectivity index (χ1n) is 3.63. The Morgan fingerprint density at radius 1 is 1.27 bits per heavy atom. The first-order valence-corrected chi connectivity index (χ1v) is 3.63. The summed E-state index contributed by atoms with van der Waals surface area (Å²) in [7, 11) is 0. The Kier molecular flexibility index (Phi) is 1.75. The number of nitrogens with zero attached hydrogens (tertiary/aromatic N) is 1. The predicted octanol–water partition coefficient (Wildman–Crippen LogP) is 2.06. The van der Waals surface area contributed by atoms with E-state index in [0.717, 1.165) is 0 Å². The van der Waals surface area contributed by atoms with Crippen molar-refractivity contribution in [3.05, 3.63) is 28.1 Å². The number of ether oxygens (including phenoxy) is 2. The van der Waals surface area contributed by atoms with E-state index in [2.05, 4.69) is 9.47 Å². The summed E-state index contributed by atoms with van der Waals surface area (Å²) in [6, 6.07) is 1.03. The fourth-order valence-corrected chi connectivity index (χ4v) is 1.10. The molecule has 0 radical (unpaired) electrons. The highest BCUT2D eigenvalue weighted by Gasteiger charge is 2.44. The van der Waals surface area contributed by atoms with Gasteiger partial charge in [0.2, 0.25) is 5.82 Å². The van der Waals surface area contributed by atoms with Gasteiger partial charge in [0.15, 0.2) is 11.5 Å². The zero-order valence-corrected chi connectivity index (χ0v) is 6.87. The molecule has 0 aliphatic carbocycles. The Morgan fingerprint density at radius 3 is 2.33 bits per heavy atom. The van der Waals surface area contributed by atoms with Crippen molar-refractivity contribution in [3.63, 3.8) is 0 Å². The van der Waals surface area contributed by atoms with E-state index in [9.17, 15) is 23.3 Å². The lowest BCUT2D eigenvalue weighted by atomic mass is 10.2. The summed E-state index contributed by atoms with van der Waals surface area (Å²) >= 11 is 0. The van der Waals surface area contributed by atoms with Crippen molar-refractivity contribution in [1.29, 1.82) is 0 Å². The van der Waals surface area contributed by atoms with Gasteiger partial charge < -0.3 is 9.47 Å². The fourth-order valence-electron chi connectivity index (χ4n) is 1.10. The molecule has 0 fully saturated rings. The molecule has 5 nitrogen and oxygen atoms in total. The number of nitro groups is 1. The second kappa shape index (κ2) is 2.75. The summed E-state index contributed by atoms with van der Waals surface area (Å²) in [5.74, 6) is -2.39. The molecule has 0 unspecified atom stereocenters. The van der Waals surface area contributed by atoms with Gasteiger partial charge in [-0.25, -0.2) is 0 Å². The average Bonchev–Trinajstić information content (AvgIpc) is 2.36. The highest BCUT2D eigenvalue weighted by molar-refractivity contribution is 5.51. The molecule has 15 heavy (non-hydrogen) atoms. The Hall–Kier alpha value is -1.99. The maximum Gasteiger partial charge on any atom is 0.586 e. The van der Waals surface area contributed by atoms with Gasteiger partial charge in [-0.05, 0) is 0 Å². The van der Waals surface area contributed by atoms with Gasteiger partial charge in [0.05, 0.1) is 11.0 Å². The molecule has 0 saturated carbocycles. The third kappa shape index (κ3) is 1.53. The second-order valence-electron chi connectivity index (χ2n) is 2.67. The summed E-state index contributed by atoms with van der Waals surface area (Å²) in [5.41, 5.74) is -0.949. The molecule has 1 aliphatic rings. The zero-order chi connectivity index (χ0) is 11.2. The van der Waals surface area contributed by atoms with Crippen LogP contribution < -0.4 is 9.47 Å². The lowest BCUT2D eigenvalue weighted by Crippen LogP contribution is -2.25. The van der Waals surface area contributed by atoms with Crippen LogP contribution in [0.4, 0.5) is 18.9 Å². The van der Waals surface area contributed by atoms with Crippen LogP contribution in [0.1, 0.15) is 0 Å². The van der Waals surface area contributed by atoms with E-state index in [1.807, 2.05) is 0 Å². The van der Waals surface area contributed by atoms with Crippen molar-refractivity contribution >= 4 is 5.69 Å². The first kappa shape index (κ1) is 9.56. The molecule has 0 N–H and O–H groups in total. The highest BCUT2D eigenvalue weighted by Crippen LogP contribution is 2.43. The van der Waals surface area contributed by atoms with Gasteiger partial charge in [-0.15, -0.1) is 8.78 Å². The lowest BCUT2D eigenvalue weighted by molar-refractivity contribution is -0.387. The summed E-state index contributed by atoms with van der Waals surface area (Å²) in [6.07, 6.45) is -3.91. The van der Waals surface area contributed by atoms with Crippen LogP contribution in [0.3, 0.4) is 0 Å². The first-order chi connectivity index (χ1) is 6.89. The third-order valence-electron chi connectivity index (χ3n) is 1.67. The highest BCUT2D eigenvalue weighted by atomic mass is 19.3. The van der Waals surface area contributed by atoms with Crippen molar-refractivity contribution in [2.45, 2.75) is 6.29 Å². The molecule has 1 aromatic carbocycles. The summed E-state index contributed by atoms with van der Waals surface area (Å²) < 4.78 is 45.7. The molecular weight excluding hydrogens is 219 g/mol. The number of hydrogen-bond acceptors (Lipinski definition) is 4. The average molecular weight is 221 g/mol. The van der Waals surface area contributed by atoms with E-state index in [1.54, 1.807) is 0 Å². The lowest BCUT2D eigenvalue weighted by Gasteiger charge is -2.04. The number of benzene rings is 1. The number of hydrogen-bond donors (Lipinski definition) is 0. The molecule has 0 atom stereocenters. The number of halogens is 3. The Balaban J connectivity index is 2.50. The molecule has 8 heteroatoms. The normalized spacial score (nSPS) is 16.5. The van der Waals surface area contributed by atoms with Crippen molar-refractivity contribution < 1.29 is 27.6 Å². The van der Waals surface area contributed by atoms with E-state index < -0.39 is 34.2 Å². The SMILES string of the molecule is O=[N+]([O-])c1cc2c(cc1F)OC(F)(F)O2. The molecule has 0 amide bonds. The predicted molar refractivity (Wildman–Crippen MR) is 39.3 cm³/mol. The molecular formula is C7H2F3NO4. The summed E-state index contributed by atoms with van der Waals surface area (Å²) in [6.45, 7) is 0. The van der Waals surface area contributed by atoms with Gasteiger partial charge in [0.1, 0.15) is 0 Å². The third-order valence-corrected chi connectivity index (χ3v) is 1.67. The van der Waals surface area contributed by atoms with Crippen molar-refractivity contribution in [2.24, 2.45) is 0 Å². The van der Waals surface area contributed by atoms with Crippen LogP contribution in [0.15, 0.2) is 12.1 Å².